The summed E-state index contributed by atoms with van der Waals surface area (Å²) in [7, 11) is 5.53. The van der Waals surface area contributed by atoms with E-state index in [1.54, 1.807) is 64.1 Å². The second-order valence-electron chi connectivity index (χ2n) is 22.5. The molecule has 1 saturated heterocycles. The number of carbonyl (C=O) groups excluding carboxylic acids is 6. The molecule has 31 nitrogen and oxygen atoms in total. The van der Waals surface area contributed by atoms with Crippen molar-refractivity contribution in [2.45, 2.75) is 72.5 Å². The van der Waals surface area contributed by atoms with Gasteiger partial charge < -0.3 is 67.0 Å². The maximum atomic E-state index is 12.0. The largest absolute Gasteiger partial charge is 0.495 e. The van der Waals surface area contributed by atoms with Crippen molar-refractivity contribution >= 4 is 160 Å². The summed E-state index contributed by atoms with van der Waals surface area (Å²) in [5, 5.41) is 13.9. The van der Waals surface area contributed by atoms with Gasteiger partial charge in [-0.15, -0.1) is 0 Å². The number of nitrogens with zero attached hydrogens (tertiary/aromatic N) is 14. The molecule has 9 aromatic rings. The summed E-state index contributed by atoms with van der Waals surface area (Å²) < 4.78 is 51.7. The molecule has 0 atom stereocenters. The van der Waals surface area contributed by atoms with Crippen LogP contribution in [-0.4, -0.2) is 151 Å². The Labute approximate surface area is 649 Å². The van der Waals surface area contributed by atoms with E-state index in [0.717, 1.165) is 17.0 Å². The van der Waals surface area contributed by atoms with E-state index >= 15 is 0 Å². The van der Waals surface area contributed by atoms with Gasteiger partial charge in [0.15, 0.2) is 11.3 Å². The van der Waals surface area contributed by atoms with Gasteiger partial charge in [-0.05, 0) is 81.7 Å². The number of aromatic nitrogens is 7. The number of nitrogens with one attached hydrogen (secondary N) is 1. The summed E-state index contributed by atoms with van der Waals surface area (Å²) in [6.07, 6.45) is 9.28. The van der Waals surface area contributed by atoms with E-state index in [1.807, 2.05) is 0 Å². The number of likely N-dealkylation sites (tertiary alicyclic amines) is 1. The number of Topliss-reactive ketones (excluding diaryl/α,β-unsaturated/α-hetero) is 1. The fourth-order valence-electron chi connectivity index (χ4n) is 9.90. The average Bonchev–Trinajstić information content (AvgIpc) is 0.763. The van der Waals surface area contributed by atoms with Gasteiger partial charge in [-0.2, -0.15) is 0 Å². The zero-order valence-corrected chi connectivity index (χ0v) is 62.7. The van der Waals surface area contributed by atoms with E-state index in [1.165, 1.54) is 97.5 Å². The van der Waals surface area contributed by atoms with Crippen LogP contribution in [0.4, 0.5) is 45.9 Å². The Morgan fingerprint density at radius 2 is 0.972 bits per heavy atom. The molecule has 0 spiro atoms. The number of nitrogens with two attached hydrogens (primary N) is 4. The number of halogens is 4. The van der Waals surface area contributed by atoms with Crippen LogP contribution in [0.2, 0.25) is 15.1 Å². The molecule has 558 valence electrons. The number of esters is 2. The predicted molar refractivity (Wildman–Crippen MR) is 410 cm³/mol. The third-order valence-electron chi connectivity index (χ3n) is 15.6. The summed E-state index contributed by atoms with van der Waals surface area (Å²) in [5.41, 5.74) is 28.1. The highest BCUT2D eigenvalue weighted by Gasteiger charge is 2.27. The Morgan fingerprint density at radius 1 is 0.565 bits per heavy atom. The van der Waals surface area contributed by atoms with Gasteiger partial charge in [-0.1, -0.05) is 46.9 Å². The van der Waals surface area contributed by atoms with Crippen molar-refractivity contribution in [2.75, 3.05) is 77.1 Å². The summed E-state index contributed by atoms with van der Waals surface area (Å²) >= 11 is 21.6. The molecule has 0 aliphatic carbocycles. The van der Waals surface area contributed by atoms with E-state index < -0.39 is 30.9 Å². The molecule has 12 rings (SSSR count). The number of carboxylic acid groups (broad SMARTS) is 1. The molecule has 0 unspecified atom stereocenters. The highest BCUT2D eigenvalue weighted by molar-refractivity contribution is 9.10. The number of carboxylic acids is 1. The minimum Gasteiger partial charge on any atom is -0.495 e. The van der Waals surface area contributed by atoms with Crippen LogP contribution in [0.15, 0.2) is 102 Å². The first-order valence-corrected chi connectivity index (χ1v) is 33.5. The zero-order valence-electron chi connectivity index (χ0n) is 62.8. The van der Waals surface area contributed by atoms with Gasteiger partial charge in [0.2, 0.25) is 40.5 Å². The van der Waals surface area contributed by atoms with Crippen LogP contribution in [0.5, 0.6) is 11.5 Å². The van der Waals surface area contributed by atoms with Crippen LogP contribution in [0.25, 0.3) is 41.4 Å². The first kappa shape index (κ1) is 78.2. The Hall–Kier alpha value is -12.4. The maximum Gasteiger partial charge on any atom is 0.341 e. The first-order chi connectivity index (χ1) is 53.0. The smallest absolute Gasteiger partial charge is 0.341 e. The fraction of sp³-hybridized carbons (Fsp3) is 0.260. The number of benzene rings is 2. The molecule has 10 heterocycles. The quantitative estimate of drug-likeness (QED) is 0.0577. The average molecular weight is 1600 g/mol. The summed E-state index contributed by atoms with van der Waals surface area (Å²) in [6.45, 7) is 31.5. The van der Waals surface area contributed by atoms with Crippen molar-refractivity contribution < 1.29 is 63.1 Å². The molecule has 35 heteroatoms. The molecule has 0 saturated carbocycles. The lowest BCUT2D eigenvalue weighted by molar-refractivity contribution is -0.133. The van der Waals surface area contributed by atoms with Crippen LogP contribution in [0.1, 0.15) is 104 Å². The van der Waals surface area contributed by atoms with Crippen LogP contribution in [-0.2, 0) is 67.6 Å². The molecule has 3 aliphatic heterocycles. The Balaban J connectivity index is 0.000000213. The second-order valence-corrected chi connectivity index (χ2v) is 24.6. The van der Waals surface area contributed by atoms with Crippen molar-refractivity contribution in [3.8, 4) is 11.5 Å². The number of rotatable bonds is 9. The molecule has 2 aromatic carbocycles. The van der Waals surface area contributed by atoms with Crippen molar-refractivity contribution in [1.82, 2.24) is 49.6 Å². The lowest BCUT2D eigenvalue weighted by Crippen LogP contribution is -2.36. The molecule has 0 radical (unpaired) electrons. The number of hydrogen-bond donors (Lipinski definition) is 6. The summed E-state index contributed by atoms with van der Waals surface area (Å²) in [6, 6.07) is 16.7. The van der Waals surface area contributed by atoms with Gasteiger partial charge in [-0.3, -0.25) is 29.1 Å². The number of anilines is 4. The van der Waals surface area contributed by atoms with Crippen molar-refractivity contribution in [3.05, 3.63) is 213 Å². The number of ketones is 1. The number of pyridine rings is 7. The fourth-order valence-corrected chi connectivity index (χ4v) is 11.1. The number of ether oxygens (including phenoxy) is 4. The number of hydrogen-bond acceptors (Lipinski definition) is 23. The van der Waals surface area contributed by atoms with Gasteiger partial charge in [0.1, 0.15) is 40.3 Å². The van der Waals surface area contributed by atoms with Crippen molar-refractivity contribution in [3.63, 3.8) is 0 Å². The molecular weight excluding hydrogens is 1520 g/mol. The third kappa shape index (κ3) is 23.3. The first-order valence-electron chi connectivity index (χ1n) is 33.6. The zero-order chi connectivity index (χ0) is 83.1. The summed E-state index contributed by atoms with van der Waals surface area (Å²) in [5.74, 6) is -0.818. The van der Waals surface area contributed by atoms with E-state index in [2.05, 4.69) is 85.0 Å². The number of aromatic carboxylic acids is 1. The minimum absolute atomic E-state index is 0.0276. The summed E-state index contributed by atoms with van der Waals surface area (Å²) in [4.78, 5) is 124. The normalized spacial score (nSPS) is 12.9. The van der Waals surface area contributed by atoms with Crippen molar-refractivity contribution in [1.29, 1.82) is 0 Å². The molecule has 3 amide bonds. The van der Waals surface area contributed by atoms with Gasteiger partial charge in [0.05, 0.1) is 101 Å². The molecule has 7 aromatic heterocycles. The third-order valence-corrected chi connectivity index (χ3v) is 17.1. The standard InChI is InChI=1S/C22H20ClN5O2.C14H11ClN4O.C8H10ClNO.C8H7N3O2.C7H7BrN2O2.C7H5N3O2.C7H11NO2/c1-13(29)28-7-6-19-17(12-28)21(16-9-15(24-2)11-26-22(16)27-19)25-10-14-4-5-20(30-3)18(23)8-14;1-8(20)19-4-3-12-11(7-19)13(15)10-5-9(16-2)6-17-14(10)18-12;1-11-8-3-2-6(5-10)4-7(8)9;1-10-5-3-6(8(12)13-2)7(9)11-4-5;1-12-7(11)5-2-4(8)3-10-6(5)9;1-9-4-2-5(7(11)12)6(8)10-3-4;1-6(9)8-4-2-7(10)3-5-8/h4-5,8-9,11H,6-7,10,12H2,1,3H3,(H,25,26,27);5-6H,3-4,7H2,1H3;2-4H,5,10H2,1H3;3-4H,2H3,(H2,9,11);2-3H,1H3,(H2,9,10);2-3H,(H2,8,10)(H,11,12);2-5H2,1H3/i10D2;;5D2;;;;. The molecule has 10 N–H and O–H groups in total. The van der Waals surface area contributed by atoms with E-state index in [4.69, 9.17) is 104 Å². The molecule has 108 heavy (non-hydrogen) atoms. The predicted octanol–water partition coefficient (Wildman–Crippen LogP) is 12.2. The number of nitrogen functional groups attached to an aromatic ring is 3. The van der Waals surface area contributed by atoms with Crippen molar-refractivity contribution in [2.24, 2.45) is 5.73 Å². The molecular formula is C73H71BrCl3N19O12. The lowest BCUT2D eigenvalue weighted by atomic mass is 10.0. The van der Waals surface area contributed by atoms with Gasteiger partial charge in [0, 0.05) is 159 Å². The van der Waals surface area contributed by atoms with Crippen LogP contribution >= 0.6 is 50.7 Å². The van der Waals surface area contributed by atoms with Gasteiger partial charge >= 0.3 is 17.9 Å². The number of carbonyl (C=O) groups is 7. The topological polar surface area (TPSA) is 410 Å². The monoisotopic (exact) mass is 1590 g/mol. The Bertz CT molecular complexity index is 5260. The van der Waals surface area contributed by atoms with E-state index in [-0.39, 0.29) is 80.6 Å². The molecule has 0 bridgehead atoms. The van der Waals surface area contributed by atoms with E-state index in [9.17, 15) is 33.6 Å². The molecule has 3 aliphatic rings. The van der Waals surface area contributed by atoms with Gasteiger partial charge in [-0.25, -0.2) is 58.7 Å². The lowest BCUT2D eigenvalue weighted by Gasteiger charge is -2.29. The highest BCUT2D eigenvalue weighted by Crippen LogP contribution is 2.36. The maximum absolute atomic E-state index is 12.0. The number of fused-ring (bicyclic) bond motifs is 4. The number of methoxy groups -OCH3 is 4. The number of piperidine rings is 1. The van der Waals surface area contributed by atoms with Crippen LogP contribution in [0, 0.1) is 26.3 Å². The van der Waals surface area contributed by atoms with Gasteiger partial charge in [0.25, 0.3) is 0 Å². The Kier molecular flexibility index (Phi) is 29.5. The van der Waals surface area contributed by atoms with Crippen LogP contribution in [0.3, 0.4) is 0 Å². The molecule has 1 fully saturated rings. The Morgan fingerprint density at radius 3 is 1.44 bits per heavy atom. The SMILES string of the molecule is CC(=O)N1CCC(=O)CC1.COC(=O)c1cc(Br)cnc1N.[2H]C([2H])(N)c1ccc(OC)c(Cl)c1.[2H]C([2H])(Nc1c2c(nc3ncc([N+]#[C-])cc13)CCN(C(C)=O)C2)c1ccc(OC)c(Cl)c1.[C-]#[N+]c1cnc(N)c(C(=O)O)c1.[C-]#[N+]c1cnc(N)c(C(=O)OC)c1.[C-]#[N+]c1cnc2nc3c(c(Cl)c2c1)CN(C(C)=O)CC3. The highest BCUT2D eigenvalue weighted by atomic mass is 79.9. The minimum atomic E-state index is -2.02. The second kappa shape index (κ2) is 40.7. The number of amides is 3. The van der Waals surface area contributed by atoms with Crippen LogP contribution < -0.4 is 37.7 Å². The van der Waals surface area contributed by atoms with E-state index in [0.29, 0.717) is 140 Å².